The minimum Gasteiger partial charge on any atom is -0.395 e. The van der Waals surface area contributed by atoms with Gasteiger partial charge in [-0.2, -0.15) is 0 Å². The van der Waals surface area contributed by atoms with E-state index in [1.807, 2.05) is 6.92 Å². The highest BCUT2D eigenvalue weighted by atomic mass is 16.3. The molecule has 1 N–H and O–H groups in total. The highest BCUT2D eigenvalue weighted by Crippen LogP contribution is 1.95. The van der Waals surface area contributed by atoms with Crippen molar-refractivity contribution in [3.05, 3.63) is 0 Å². The Balaban J connectivity index is 3.50. The van der Waals surface area contributed by atoms with E-state index in [0.29, 0.717) is 6.04 Å². The van der Waals surface area contributed by atoms with Crippen molar-refractivity contribution in [1.29, 1.82) is 0 Å². The van der Waals surface area contributed by atoms with Gasteiger partial charge in [0.05, 0.1) is 6.61 Å². The molecular weight excluding hydrogens is 114 g/mol. The van der Waals surface area contributed by atoms with Gasteiger partial charge in [-0.05, 0) is 20.0 Å². The van der Waals surface area contributed by atoms with Crippen molar-refractivity contribution in [2.45, 2.75) is 26.8 Å². The van der Waals surface area contributed by atoms with Crippen LogP contribution in [-0.4, -0.2) is 35.7 Å². The molecular formula is C7H17NO. The molecule has 1 atom stereocenters. The zero-order valence-electron chi connectivity index (χ0n) is 6.59. The molecule has 0 aromatic heterocycles. The molecule has 0 saturated heterocycles. The Kier molecular flexibility index (Phi) is 4.72. The van der Waals surface area contributed by atoms with E-state index >= 15 is 0 Å². The fraction of sp³-hybridized carbons (Fsp3) is 1.00. The predicted molar refractivity (Wildman–Crippen MR) is 39.5 cm³/mol. The molecule has 0 aliphatic rings. The largest absolute Gasteiger partial charge is 0.395 e. The van der Waals surface area contributed by atoms with Crippen LogP contribution in [0.1, 0.15) is 20.8 Å². The van der Waals surface area contributed by atoms with Gasteiger partial charge >= 0.3 is 0 Å². The van der Waals surface area contributed by atoms with Crippen molar-refractivity contribution in [2.75, 3.05) is 19.7 Å². The number of aliphatic hydroxyl groups excluding tert-OH is 1. The van der Waals surface area contributed by atoms with Crippen LogP contribution in [0.4, 0.5) is 0 Å². The molecule has 0 saturated carbocycles. The zero-order chi connectivity index (χ0) is 7.28. The molecule has 0 aromatic carbocycles. The van der Waals surface area contributed by atoms with Gasteiger partial charge in [-0.1, -0.05) is 13.8 Å². The van der Waals surface area contributed by atoms with Crippen LogP contribution in [0, 0.1) is 0 Å². The van der Waals surface area contributed by atoms with E-state index < -0.39 is 0 Å². The van der Waals surface area contributed by atoms with Crippen LogP contribution >= 0.6 is 0 Å². The number of aliphatic hydroxyl groups is 1. The summed E-state index contributed by atoms with van der Waals surface area (Å²) in [5.74, 6) is 0. The molecule has 9 heavy (non-hydrogen) atoms. The van der Waals surface area contributed by atoms with E-state index in [4.69, 9.17) is 5.11 Å². The van der Waals surface area contributed by atoms with Gasteiger partial charge in [-0.3, -0.25) is 4.90 Å². The molecule has 0 radical (unpaired) electrons. The van der Waals surface area contributed by atoms with E-state index in [9.17, 15) is 0 Å². The third-order valence-electron chi connectivity index (χ3n) is 1.70. The van der Waals surface area contributed by atoms with E-state index in [2.05, 4.69) is 18.7 Å². The Morgan fingerprint density at radius 3 is 1.89 bits per heavy atom. The van der Waals surface area contributed by atoms with Crippen LogP contribution in [0.5, 0.6) is 0 Å². The second-order valence-electron chi connectivity index (χ2n) is 2.25. The van der Waals surface area contributed by atoms with E-state index in [1.165, 1.54) is 0 Å². The lowest BCUT2D eigenvalue weighted by Gasteiger charge is -2.23. The first-order valence-electron chi connectivity index (χ1n) is 3.61. The van der Waals surface area contributed by atoms with Crippen molar-refractivity contribution in [1.82, 2.24) is 4.90 Å². The van der Waals surface area contributed by atoms with Gasteiger partial charge in [0.15, 0.2) is 0 Å². The molecule has 2 nitrogen and oxygen atoms in total. The van der Waals surface area contributed by atoms with E-state index in [1.54, 1.807) is 0 Å². The Bertz CT molecular complexity index is 61.9. The molecule has 0 bridgehead atoms. The second-order valence-corrected chi connectivity index (χ2v) is 2.25. The summed E-state index contributed by atoms with van der Waals surface area (Å²) in [6, 6.07) is 0.319. The number of hydrogen-bond donors (Lipinski definition) is 1. The van der Waals surface area contributed by atoms with E-state index in [-0.39, 0.29) is 6.61 Å². The third kappa shape index (κ3) is 2.82. The molecule has 1 unspecified atom stereocenters. The van der Waals surface area contributed by atoms with Crippen molar-refractivity contribution >= 4 is 0 Å². The quantitative estimate of drug-likeness (QED) is 0.607. The van der Waals surface area contributed by atoms with Gasteiger partial charge in [0, 0.05) is 6.04 Å². The molecule has 0 amide bonds. The molecule has 56 valence electrons. The van der Waals surface area contributed by atoms with Gasteiger partial charge < -0.3 is 5.11 Å². The van der Waals surface area contributed by atoms with Crippen molar-refractivity contribution in [2.24, 2.45) is 0 Å². The number of hydrogen-bond acceptors (Lipinski definition) is 2. The zero-order valence-corrected chi connectivity index (χ0v) is 6.59. The summed E-state index contributed by atoms with van der Waals surface area (Å²) in [4.78, 5) is 2.22. The Labute approximate surface area is 57.5 Å². The fourth-order valence-electron chi connectivity index (χ4n) is 0.962. The average molecular weight is 131 g/mol. The predicted octanol–water partition coefficient (Wildman–Crippen LogP) is 0.709. The van der Waals surface area contributed by atoms with Crippen LogP contribution in [0.2, 0.25) is 0 Å². The lowest BCUT2D eigenvalue weighted by molar-refractivity contribution is 0.145. The second kappa shape index (κ2) is 4.77. The van der Waals surface area contributed by atoms with Gasteiger partial charge in [0.2, 0.25) is 0 Å². The van der Waals surface area contributed by atoms with Crippen LogP contribution in [0.15, 0.2) is 0 Å². The van der Waals surface area contributed by atoms with Gasteiger partial charge in [0.25, 0.3) is 0 Å². The summed E-state index contributed by atoms with van der Waals surface area (Å²) in [5.41, 5.74) is 0. The maximum absolute atomic E-state index is 8.73. The van der Waals surface area contributed by atoms with Gasteiger partial charge in [-0.15, -0.1) is 0 Å². The molecule has 0 aliphatic heterocycles. The molecule has 0 spiro atoms. The maximum Gasteiger partial charge on any atom is 0.0584 e. The van der Waals surface area contributed by atoms with Gasteiger partial charge in [0.1, 0.15) is 0 Å². The first kappa shape index (κ1) is 8.92. The molecule has 0 aromatic rings. The number of rotatable bonds is 4. The Hall–Kier alpha value is -0.0800. The molecule has 0 heterocycles. The Morgan fingerprint density at radius 2 is 1.78 bits per heavy atom. The van der Waals surface area contributed by atoms with Crippen LogP contribution < -0.4 is 0 Å². The summed E-state index contributed by atoms with van der Waals surface area (Å²) < 4.78 is 0. The SMILES string of the molecule is CCN(CC)C(C)CO. The Morgan fingerprint density at radius 1 is 1.33 bits per heavy atom. The minimum atomic E-state index is 0.266. The first-order valence-corrected chi connectivity index (χ1v) is 3.61. The minimum absolute atomic E-state index is 0.266. The molecule has 0 rings (SSSR count). The number of nitrogens with zero attached hydrogens (tertiary/aromatic N) is 1. The third-order valence-corrected chi connectivity index (χ3v) is 1.70. The van der Waals surface area contributed by atoms with Crippen LogP contribution in [-0.2, 0) is 0 Å². The summed E-state index contributed by atoms with van der Waals surface area (Å²) in [6.45, 7) is 8.57. The average Bonchev–Trinajstić information content (AvgIpc) is 1.90. The van der Waals surface area contributed by atoms with Crippen molar-refractivity contribution < 1.29 is 5.11 Å². The van der Waals surface area contributed by atoms with Crippen molar-refractivity contribution in [3.8, 4) is 0 Å². The highest BCUT2D eigenvalue weighted by molar-refractivity contribution is 4.61. The lowest BCUT2D eigenvalue weighted by atomic mass is 10.3. The highest BCUT2D eigenvalue weighted by Gasteiger charge is 2.06. The van der Waals surface area contributed by atoms with Crippen LogP contribution in [0.25, 0.3) is 0 Å². The van der Waals surface area contributed by atoms with E-state index in [0.717, 1.165) is 13.1 Å². The topological polar surface area (TPSA) is 23.5 Å². The normalized spacial score (nSPS) is 14.3. The molecule has 2 heteroatoms. The smallest absolute Gasteiger partial charge is 0.0584 e. The van der Waals surface area contributed by atoms with Crippen molar-refractivity contribution in [3.63, 3.8) is 0 Å². The number of likely N-dealkylation sites (N-methyl/N-ethyl adjacent to an activating group) is 1. The fourth-order valence-corrected chi connectivity index (χ4v) is 0.962. The first-order chi connectivity index (χ1) is 4.26. The standard InChI is InChI=1S/C7H17NO/c1-4-8(5-2)7(3)6-9/h7,9H,4-6H2,1-3H3. The summed E-state index contributed by atoms with van der Waals surface area (Å²) in [5, 5.41) is 8.73. The lowest BCUT2D eigenvalue weighted by Crippen LogP contribution is -2.35. The summed E-state index contributed by atoms with van der Waals surface area (Å²) in [6.07, 6.45) is 0. The summed E-state index contributed by atoms with van der Waals surface area (Å²) >= 11 is 0. The maximum atomic E-state index is 8.73. The van der Waals surface area contributed by atoms with Crippen LogP contribution in [0.3, 0.4) is 0 Å². The van der Waals surface area contributed by atoms with Gasteiger partial charge in [-0.25, -0.2) is 0 Å². The monoisotopic (exact) mass is 131 g/mol. The molecule has 0 aliphatic carbocycles. The molecule has 0 fully saturated rings. The summed E-state index contributed by atoms with van der Waals surface area (Å²) in [7, 11) is 0.